The first-order valence-corrected chi connectivity index (χ1v) is 6.76. The van der Waals surface area contributed by atoms with Crippen molar-refractivity contribution in [3.8, 4) is 0 Å². The second kappa shape index (κ2) is 5.23. The van der Waals surface area contributed by atoms with Gasteiger partial charge in [-0.25, -0.2) is 5.21 Å². The second-order valence-electron chi connectivity index (χ2n) is 5.07. The molecule has 0 heterocycles. The molecule has 0 saturated carbocycles. The molecule has 22 heavy (non-hydrogen) atoms. The van der Waals surface area contributed by atoms with E-state index in [-0.39, 0.29) is 17.2 Å². The minimum absolute atomic E-state index is 0.00799. The van der Waals surface area contributed by atoms with Gasteiger partial charge in [0.2, 0.25) is 0 Å². The molecule has 0 spiro atoms. The van der Waals surface area contributed by atoms with Gasteiger partial charge in [-0.2, -0.15) is 0 Å². The van der Waals surface area contributed by atoms with E-state index in [4.69, 9.17) is 11.1 Å². The first-order chi connectivity index (χ1) is 10.5. The van der Waals surface area contributed by atoms with Crippen LogP contribution in [0.4, 0.5) is 11.4 Å². The fourth-order valence-corrected chi connectivity index (χ4v) is 2.37. The van der Waals surface area contributed by atoms with Crippen LogP contribution in [0.1, 0.15) is 5.56 Å². The lowest BCUT2D eigenvalue weighted by molar-refractivity contribution is 0.0274. The smallest absolute Gasteiger partial charge is 0.171 e. The van der Waals surface area contributed by atoms with E-state index < -0.39 is 4.81 Å². The molecule has 5 heteroatoms. The van der Waals surface area contributed by atoms with Gasteiger partial charge in [0.05, 0.1) is 0 Å². The number of quaternary nitrogens is 1. The number of rotatable bonds is 3. The third-order valence-electron chi connectivity index (χ3n) is 3.59. The maximum absolute atomic E-state index is 12.6. The van der Waals surface area contributed by atoms with E-state index in [9.17, 15) is 10.4 Å². The zero-order valence-electron chi connectivity index (χ0n) is 11.7. The number of fused-ring (bicyclic) bond motifs is 1. The van der Waals surface area contributed by atoms with Crippen molar-refractivity contribution in [2.24, 2.45) is 5.73 Å². The van der Waals surface area contributed by atoms with E-state index in [2.05, 4.69) is 0 Å². The third-order valence-corrected chi connectivity index (χ3v) is 3.59. The first-order valence-electron chi connectivity index (χ1n) is 6.76. The predicted octanol–water partition coefficient (Wildman–Crippen LogP) is 3.65. The molecule has 0 aliphatic rings. The molecule has 1 unspecified atom stereocenters. The predicted molar refractivity (Wildman–Crippen MR) is 88.0 cm³/mol. The molecule has 3 aromatic carbocycles. The molecule has 5 nitrogen and oxygen atoms in total. The van der Waals surface area contributed by atoms with Gasteiger partial charge in [0.25, 0.3) is 0 Å². The van der Waals surface area contributed by atoms with Crippen molar-refractivity contribution in [1.82, 2.24) is 4.81 Å². The Balaban J connectivity index is 2.09. The zero-order valence-corrected chi connectivity index (χ0v) is 11.7. The SMILES string of the molecule is N=C(N)c1ccc2cc([N+]([O-])(O)c3ccccc3)ccc2c1. The topological polar surface area (TPSA) is 93.2 Å². The van der Waals surface area contributed by atoms with Gasteiger partial charge < -0.3 is 10.9 Å². The van der Waals surface area contributed by atoms with E-state index in [1.54, 1.807) is 66.7 Å². The molecule has 1 atom stereocenters. The van der Waals surface area contributed by atoms with Gasteiger partial charge in [0.1, 0.15) is 5.84 Å². The Hall–Kier alpha value is -2.73. The van der Waals surface area contributed by atoms with Crippen LogP contribution in [0, 0.1) is 10.6 Å². The summed E-state index contributed by atoms with van der Waals surface area (Å²) in [7, 11) is 0. The summed E-state index contributed by atoms with van der Waals surface area (Å²) in [5.74, 6) is -0.00799. The highest BCUT2D eigenvalue weighted by Gasteiger charge is 2.21. The summed E-state index contributed by atoms with van der Waals surface area (Å²) in [6.07, 6.45) is 0. The molecule has 0 aromatic heterocycles. The van der Waals surface area contributed by atoms with Crippen LogP contribution in [-0.4, -0.2) is 11.0 Å². The monoisotopic (exact) mass is 293 g/mol. The third kappa shape index (κ3) is 2.44. The molecule has 0 bridgehead atoms. The van der Waals surface area contributed by atoms with Crippen molar-refractivity contribution in [2.45, 2.75) is 0 Å². The Kier molecular flexibility index (Phi) is 3.38. The average molecular weight is 293 g/mol. The number of nitrogens with one attached hydrogen (secondary N) is 1. The number of para-hydroxylation sites is 1. The van der Waals surface area contributed by atoms with Gasteiger partial charge in [0, 0.05) is 29.8 Å². The Morgan fingerprint density at radius 2 is 1.55 bits per heavy atom. The highest BCUT2D eigenvalue weighted by molar-refractivity contribution is 5.99. The van der Waals surface area contributed by atoms with Crippen molar-refractivity contribution in [1.29, 1.82) is 5.41 Å². The fourth-order valence-electron chi connectivity index (χ4n) is 2.37. The summed E-state index contributed by atoms with van der Waals surface area (Å²) in [6.45, 7) is 0. The summed E-state index contributed by atoms with van der Waals surface area (Å²) in [4.78, 5) is -1.56. The standard InChI is InChI=1S/C17H15N3O2/c18-17(19)14-7-6-13-11-16(9-8-12(13)10-14)20(21,22)15-4-2-1-3-5-15/h1-11,21H,(H3,18,19). The summed E-state index contributed by atoms with van der Waals surface area (Å²) in [5.41, 5.74) is 6.55. The summed E-state index contributed by atoms with van der Waals surface area (Å²) < 4.78 is 0. The van der Waals surface area contributed by atoms with Gasteiger partial charge in [0.15, 0.2) is 11.4 Å². The average Bonchev–Trinajstić information content (AvgIpc) is 2.54. The number of nitrogens with two attached hydrogens (primary N) is 1. The van der Waals surface area contributed by atoms with Crippen LogP contribution in [0.2, 0.25) is 0 Å². The van der Waals surface area contributed by atoms with Crippen molar-refractivity contribution in [3.63, 3.8) is 0 Å². The molecule has 4 N–H and O–H groups in total. The van der Waals surface area contributed by atoms with E-state index in [0.717, 1.165) is 10.8 Å². The number of hydrogen-bond donors (Lipinski definition) is 3. The lowest BCUT2D eigenvalue weighted by atomic mass is 10.1. The maximum atomic E-state index is 12.6. The molecule has 0 fully saturated rings. The highest BCUT2D eigenvalue weighted by Crippen LogP contribution is 2.33. The van der Waals surface area contributed by atoms with Crippen LogP contribution in [0.25, 0.3) is 10.8 Å². The summed E-state index contributed by atoms with van der Waals surface area (Å²) in [6, 6.07) is 18.6. The van der Waals surface area contributed by atoms with Crippen LogP contribution in [0.3, 0.4) is 0 Å². The highest BCUT2D eigenvalue weighted by atomic mass is 16.8. The molecule has 0 amide bonds. The van der Waals surface area contributed by atoms with Crippen molar-refractivity contribution in [2.75, 3.05) is 0 Å². The van der Waals surface area contributed by atoms with Gasteiger partial charge >= 0.3 is 0 Å². The van der Waals surface area contributed by atoms with Crippen molar-refractivity contribution < 1.29 is 5.21 Å². The Morgan fingerprint density at radius 3 is 2.23 bits per heavy atom. The molecule has 0 saturated heterocycles. The van der Waals surface area contributed by atoms with E-state index in [1.807, 2.05) is 0 Å². The van der Waals surface area contributed by atoms with Crippen molar-refractivity contribution >= 4 is 28.0 Å². The molecule has 3 rings (SSSR count). The van der Waals surface area contributed by atoms with Crippen LogP contribution < -0.4 is 10.5 Å². The minimum Gasteiger partial charge on any atom is -0.588 e. The summed E-state index contributed by atoms with van der Waals surface area (Å²) >= 11 is 0. The maximum Gasteiger partial charge on any atom is 0.171 e. The van der Waals surface area contributed by atoms with Crippen LogP contribution >= 0.6 is 0 Å². The number of hydrogen-bond acceptors (Lipinski definition) is 3. The summed E-state index contributed by atoms with van der Waals surface area (Å²) in [5, 5.41) is 31.9. The second-order valence-corrected chi connectivity index (χ2v) is 5.07. The van der Waals surface area contributed by atoms with E-state index in [0.29, 0.717) is 5.56 Å². The molecule has 0 aliphatic carbocycles. The lowest BCUT2D eigenvalue weighted by Gasteiger charge is -2.32. The molecular weight excluding hydrogens is 278 g/mol. The van der Waals surface area contributed by atoms with Crippen LogP contribution in [0.5, 0.6) is 0 Å². The Labute approximate surface area is 127 Å². The van der Waals surface area contributed by atoms with Crippen LogP contribution in [0.15, 0.2) is 66.7 Å². The zero-order chi connectivity index (χ0) is 15.7. The van der Waals surface area contributed by atoms with Crippen molar-refractivity contribution in [3.05, 3.63) is 77.5 Å². The molecule has 0 radical (unpaired) electrons. The Bertz CT molecular complexity index is 845. The number of amidine groups is 1. The number of benzene rings is 3. The lowest BCUT2D eigenvalue weighted by Crippen LogP contribution is -2.32. The largest absolute Gasteiger partial charge is 0.588 e. The fraction of sp³-hybridized carbons (Fsp3) is 0. The van der Waals surface area contributed by atoms with E-state index in [1.165, 1.54) is 0 Å². The molecule has 0 aliphatic heterocycles. The number of nitrogen functional groups attached to an aromatic ring is 1. The minimum atomic E-state index is -1.56. The molecular formula is C17H15N3O2. The van der Waals surface area contributed by atoms with Gasteiger partial charge in [-0.15, -0.1) is 4.81 Å². The molecule has 110 valence electrons. The normalized spacial score (nSPS) is 13.7. The quantitative estimate of drug-likeness (QED) is 0.298. The first kappa shape index (κ1) is 14.2. The van der Waals surface area contributed by atoms with Gasteiger partial charge in [-0.3, -0.25) is 5.41 Å². The van der Waals surface area contributed by atoms with Crippen LogP contribution in [-0.2, 0) is 0 Å². The molecule has 3 aromatic rings. The van der Waals surface area contributed by atoms with E-state index >= 15 is 0 Å². The van der Waals surface area contributed by atoms with Gasteiger partial charge in [-0.05, 0) is 22.9 Å². The Morgan fingerprint density at radius 1 is 0.909 bits per heavy atom. The number of nitrogens with zero attached hydrogens (tertiary/aromatic N) is 1. The van der Waals surface area contributed by atoms with Gasteiger partial charge in [-0.1, -0.05) is 30.3 Å².